The Bertz CT molecular complexity index is 1690. The highest BCUT2D eigenvalue weighted by atomic mass is 19.4. The van der Waals surface area contributed by atoms with Crippen LogP contribution >= 0.6 is 0 Å². The molecule has 2 fully saturated rings. The monoisotopic (exact) mass is 643 g/mol. The molecule has 3 heterocycles. The predicted octanol–water partition coefficient (Wildman–Crippen LogP) is 4.46. The summed E-state index contributed by atoms with van der Waals surface area (Å²) in [5, 5.41) is 2.75. The van der Waals surface area contributed by atoms with E-state index in [0.29, 0.717) is 37.9 Å². The van der Waals surface area contributed by atoms with Gasteiger partial charge in [0, 0.05) is 65.7 Å². The smallest absolute Gasteiger partial charge is 0.423 e. The van der Waals surface area contributed by atoms with Crippen LogP contribution in [0.1, 0.15) is 34.3 Å². The van der Waals surface area contributed by atoms with E-state index >= 15 is 4.39 Å². The number of halogens is 4. The van der Waals surface area contributed by atoms with Crippen LogP contribution in [0.5, 0.6) is 17.4 Å². The zero-order valence-corrected chi connectivity index (χ0v) is 25.7. The van der Waals surface area contributed by atoms with Gasteiger partial charge in [-0.2, -0.15) is 18.2 Å². The number of nitrogens with zero attached hydrogens (tertiary/aromatic N) is 6. The number of alkyl halides is 3. The van der Waals surface area contributed by atoms with Crippen molar-refractivity contribution in [3.63, 3.8) is 0 Å². The van der Waals surface area contributed by atoms with Crippen LogP contribution in [0.4, 0.5) is 34.9 Å². The Labute approximate surface area is 262 Å². The molecule has 0 radical (unpaired) electrons. The number of aromatic nitrogens is 2. The number of carbonyl (C=O) groups excluding carboxylic acids is 2. The summed E-state index contributed by atoms with van der Waals surface area (Å²) in [5.74, 6) is -1.91. The molecule has 1 aliphatic carbocycles. The molecule has 1 N–H and O–H groups in total. The molecule has 1 saturated carbocycles. The number of fused-ring (bicyclic) bond motifs is 2. The lowest BCUT2D eigenvalue weighted by Gasteiger charge is -2.36. The number of hydrogen-bond donors (Lipinski definition) is 1. The first-order chi connectivity index (χ1) is 21.8. The zero-order valence-electron chi connectivity index (χ0n) is 25.7. The Balaban J connectivity index is 1.25. The number of methoxy groups -OCH3 is 1. The van der Waals surface area contributed by atoms with E-state index in [1.54, 1.807) is 38.2 Å². The summed E-state index contributed by atoms with van der Waals surface area (Å²) < 4.78 is 68.7. The molecule has 11 nitrogen and oxygen atoms in total. The Hall–Kier alpha value is -4.66. The highest BCUT2D eigenvalue weighted by Gasteiger charge is 2.57. The van der Waals surface area contributed by atoms with Crippen molar-refractivity contribution >= 4 is 29.1 Å². The molecule has 2 aromatic carbocycles. The van der Waals surface area contributed by atoms with Crippen LogP contribution in [0.2, 0.25) is 0 Å². The standard InChI is InChI=1S/C31H33F4N7O4/c1-39(2)25(43)17-41-10-12-42(13-11-41)22-15-24(45-4)21(14-20(22)32)37-29-36-16-19(31(33,34)35)27(38-29)46-23-7-5-6-18-26(23)28(44)40(3)30(18)8-9-30/h5-7,14-16H,8-13,17H2,1-4H3,(H,36,37,38). The molecule has 1 saturated heterocycles. The summed E-state index contributed by atoms with van der Waals surface area (Å²) >= 11 is 0. The predicted molar refractivity (Wildman–Crippen MR) is 160 cm³/mol. The van der Waals surface area contributed by atoms with Gasteiger partial charge in [0.05, 0.1) is 36.1 Å². The Morgan fingerprint density at radius 3 is 2.46 bits per heavy atom. The number of piperazine rings is 1. The maximum atomic E-state index is 15.5. The first-order valence-electron chi connectivity index (χ1n) is 14.7. The molecular formula is C31H33F4N7O4. The molecule has 15 heteroatoms. The van der Waals surface area contributed by atoms with E-state index in [2.05, 4.69) is 15.3 Å². The number of amides is 2. The van der Waals surface area contributed by atoms with Gasteiger partial charge < -0.3 is 29.5 Å². The van der Waals surface area contributed by atoms with Gasteiger partial charge in [-0.3, -0.25) is 14.5 Å². The summed E-state index contributed by atoms with van der Waals surface area (Å²) in [6, 6.07) is 7.49. The molecule has 6 rings (SSSR count). The minimum atomic E-state index is -4.86. The number of anilines is 3. The van der Waals surface area contributed by atoms with Crippen molar-refractivity contribution in [1.29, 1.82) is 0 Å². The van der Waals surface area contributed by atoms with E-state index in [-0.39, 0.29) is 52.7 Å². The quantitative estimate of drug-likeness (QED) is 0.357. The molecule has 1 aromatic heterocycles. The molecule has 244 valence electrons. The summed E-state index contributed by atoms with van der Waals surface area (Å²) in [4.78, 5) is 39.9. The lowest BCUT2D eigenvalue weighted by Crippen LogP contribution is -2.49. The number of likely N-dealkylation sites (N-methyl/N-ethyl adjacent to an activating group) is 1. The summed E-state index contributed by atoms with van der Waals surface area (Å²) in [5.41, 5.74) is -0.425. The van der Waals surface area contributed by atoms with Crippen LogP contribution in [0, 0.1) is 5.82 Å². The van der Waals surface area contributed by atoms with Gasteiger partial charge in [0.15, 0.2) is 0 Å². The van der Waals surface area contributed by atoms with E-state index < -0.39 is 29.0 Å². The largest absolute Gasteiger partial charge is 0.494 e. The second kappa shape index (κ2) is 11.6. The van der Waals surface area contributed by atoms with E-state index in [0.717, 1.165) is 18.9 Å². The molecule has 0 bridgehead atoms. The Kier molecular flexibility index (Phi) is 7.90. The van der Waals surface area contributed by atoms with Gasteiger partial charge in [0.2, 0.25) is 17.7 Å². The number of carbonyl (C=O) groups is 2. The van der Waals surface area contributed by atoms with E-state index in [9.17, 15) is 22.8 Å². The molecular weight excluding hydrogens is 610 g/mol. The van der Waals surface area contributed by atoms with E-state index in [1.165, 1.54) is 24.1 Å². The van der Waals surface area contributed by atoms with Crippen molar-refractivity contribution in [1.82, 2.24) is 24.7 Å². The summed E-state index contributed by atoms with van der Waals surface area (Å²) in [7, 11) is 6.43. The fourth-order valence-corrected chi connectivity index (χ4v) is 5.94. The van der Waals surface area contributed by atoms with Crippen LogP contribution in [0.25, 0.3) is 0 Å². The fraction of sp³-hybridized carbons (Fsp3) is 0.419. The third-order valence-electron chi connectivity index (χ3n) is 8.76. The normalized spacial score (nSPS) is 17.3. The number of rotatable bonds is 8. The third-order valence-corrected chi connectivity index (χ3v) is 8.76. The number of nitrogens with one attached hydrogen (secondary N) is 1. The zero-order chi connectivity index (χ0) is 33.0. The molecule has 0 unspecified atom stereocenters. The van der Waals surface area contributed by atoms with Crippen LogP contribution in [-0.2, 0) is 16.5 Å². The summed E-state index contributed by atoms with van der Waals surface area (Å²) in [6.45, 7) is 2.32. The van der Waals surface area contributed by atoms with Crippen LogP contribution in [0.3, 0.4) is 0 Å². The van der Waals surface area contributed by atoms with Gasteiger partial charge in [-0.25, -0.2) is 9.37 Å². The van der Waals surface area contributed by atoms with Gasteiger partial charge >= 0.3 is 6.18 Å². The minimum absolute atomic E-state index is 0.0174. The molecule has 3 aromatic rings. The van der Waals surface area contributed by atoms with Crippen molar-refractivity contribution in [3.05, 3.63) is 59.0 Å². The van der Waals surface area contributed by atoms with Gasteiger partial charge in [-0.1, -0.05) is 12.1 Å². The topological polar surface area (TPSA) is 103 Å². The van der Waals surface area contributed by atoms with Crippen molar-refractivity contribution in [2.75, 3.05) is 71.2 Å². The summed E-state index contributed by atoms with van der Waals surface area (Å²) in [6.07, 6.45) is -2.78. The highest BCUT2D eigenvalue weighted by Crippen LogP contribution is 2.57. The van der Waals surface area contributed by atoms with Crippen LogP contribution in [-0.4, -0.2) is 97.5 Å². The van der Waals surface area contributed by atoms with E-state index in [4.69, 9.17) is 9.47 Å². The maximum absolute atomic E-state index is 15.5. The first kappa shape index (κ1) is 31.3. The van der Waals surface area contributed by atoms with Gasteiger partial charge in [-0.15, -0.1) is 0 Å². The van der Waals surface area contributed by atoms with Crippen molar-refractivity contribution in [2.24, 2.45) is 0 Å². The molecule has 0 atom stereocenters. The Morgan fingerprint density at radius 1 is 1.11 bits per heavy atom. The highest BCUT2D eigenvalue weighted by molar-refractivity contribution is 6.03. The maximum Gasteiger partial charge on any atom is 0.423 e. The average Bonchev–Trinajstić information content (AvgIpc) is 3.79. The lowest BCUT2D eigenvalue weighted by molar-refractivity contribution is -0.139. The van der Waals surface area contributed by atoms with Crippen LogP contribution < -0.4 is 19.7 Å². The number of ether oxygens (including phenoxy) is 2. The molecule has 2 amide bonds. The van der Waals surface area contributed by atoms with Crippen LogP contribution in [0.15, 0.2) is 36.5 Å². The van der Waals surface area contributed by atoms with Gasteiger partial charge in [-0.05, 0) is 24.5 Å². The van der Waals surface area contributed by atoms with Crippen molar-refractivity contribution < 1.29 is 36.6 Å². The third kappa shape index (κ3) is 5.63. The lowest BCUT2D eigenvalue weighted by atomic mass is 10.0. The van der Waals surface area contributed by atoms with Crippen molar-refractivity contribution in [2.45, 2.75) is 24.6 Å². The molecule has 3 aliphatic rings. The average molecular weight is 644 g/mol. The van der Waals surface area contributed by atoms with Gasteiger partial charge in [0.1, 0.15) is 22.9 Å². The van der Waals surface area contributed by atoms with Gasteiger partial charge in [0.25, 0.3) is 5.91 Å². The molecule has 1 spiro atoms. The number of hydrogen-bond acceptors (Lipinski definition) is 9. The van der Waals surface area contributed by atoms with E-state index in [1.807, 2.05) is 9.80 Å². The fourth-order valence-electron chi connectivity index (χ4n) is 5.94. The SMILES string of the molecule is COc1cc(N2CCN(CC(=O)N(C)C)CC2)c(F)cc1Nc1ncc(C(F)(F)F)c(Oc2cccc3c2C(=O)N(C)C32CC2)n1. The second-order valence-corrected chi connectivity index (χ2v) is 11.8. The molecule has 2 aliphatic heterocycles. The minimum Gasteiger partial charge on any atom is -0.494 e. The Morgan fingerprint density at radius 2 is 1.83 bits per heavy atom. The number of benzene rings is 2. The second-order valence-electron chi connectivity index (χ2n) is 11.8. The van der Waals surface area contributed by atoms with Crippen molar-refractivity contribution in [3.8, 4) is 17.4 Å². The molecule has 46 heavy (non-hydrogen) atoms. The first-order valence-corrected chi connectivity index (χ1v) is 14.7.